The molecule has 0 bridgehead atoms. The highest BCUT2D eigenvalue weighted by atomic mass is 32.1. The molecule has 1 fully saturated rings. The van der Waals surface area contributed by atoms with E-state index in [1.807, 2.05) is 53.0 Å². The SMILES string of the molecule is CCC(C)C(=O)OC1(C)CCC(C)CC(O)C(C)C(=O)C(C)/C=C\CC(C)C(O)C(O)C(OC)/C(C)=C/C=C/C(C)C(C(C)(O)/C=C(/C)Cc2csc(C3(C)OC3C)n2)OC1=O. The van der Waals surface area contributed by atoms with Gasteiger partial charge in [-0.2, -0.15) is 0 Å². The number of aromatic nitrogens is 1. The lowest BCUT2D eigenvalue weighted by atomic mass is 9.84. The molecule has 0 radical (unpaired) electrons. The van der Waals surface area contributed by atoms with E-state index in [2.05, 4.69) is 0 Å². The number of carbonyl (C=O) groups excluding carboxylic acids is 3. The predicted molar refractivity (Wildman–Crippen MR) is 242 cm³/mol. The van der Waals surface area contributed by atoms with Crippen LogP contribution in [0.15, 0.2) is 53.0 Å². The number of ether oxygens (including phenoxy) is 4. The first kappa shape index (κ1) is 53.3. The Morgan fingerprint density at radius 2 is 1.74 bits per heavy atom. The van der Waals surface area contributed by atoms with Crippen LogP contribution in [0, 0.1) is 35.5 Å². The molecule has 0 spiro atoms. The number of epoxide rings is 1. The molecule has 2 aliphatic heterocycles. The number of Topliss-reactive ketones (excluding diaryl/α,β-unsaturated/α-hetero) is 1. The van der Waals surface area contributed by atoms with E-state index in [0.29, 0.717) is 31.3 Å². The van der Waals surface area contributed by atoms with Crippen LogP contribution in [-0.4, -0.2) is 98.1 Å². The Balaban J connectivity index is 2.09. The Hall–Kier alpha value is -3.04. The second-order valence-electron chi connectivity index (χ2n) is 19.1. The Labute approximate surface area is 374 Å². The maximum atomic E-state index is 14.6. The number of aliphatic hydroxyl groups excluding tert-OH is 3. The van der Waals surface area contributed by atoms with Crippen molar-refractivity contribution in [1.29, 1.82) is 0 Å². The lowest BCUT2D eigenvalue weighted by Gasteiger charge is -2.37. The first-order valence-electron chi connectivity index (χ1n) is 22.4. The third-order valence-corrected chi connectivity index (χ3v) is 14.2. The van der Waals surface area contributed by atoms with E-state index in [0.717, 1.165) is 16.3 Å². The smallest absolute Gasteiger partial charge is 0.350 e. The monoisotopic (exact) mass is 888 g/mol. The average Bonchev–Trinajstić information content (AvgIpc) is 3.56. The Morgan fingerprint density at radius 1 is 1.10 bits per heavy atom. The topological polar surface area (TPSA) is 185 Å². The van der Waals surface area contributed by atoms with E-state index >= 15 is 0 Å². The van der Waals surface area contributed by atoms with Gasteiger partial charge in [-0.1, -0.05) is 90.5 Å². The van der Waals surface area contributed by atoms with Gasteiger partial charge in [-0.3, -0.25) is 9.59 Å². The Bertz CT molecular complexity index is 1780. The molecular weight excluding hydrogens is 811 g/mol. The lowest BCUT2D eigenvalue weighted by Crippen LogP contribution is -2.50. The highest BCUT2D eigenvalue weighted by Crippen LogP contribution is 2.46. The zero-order valence-corrected chi connectivity index (χ0v) is 40.5. The van der Waals surface area contributed by atoms with Gasteiger partial charge in [0.25, 0.3) is 0 Å². The van der Waals surface area contributed by atoms with Crippen LogP contribution in [0.5, 0.6) is 0 Å². The molecule has 62 heavy (non-hydrogen) atoms. The van der Waals surface area contributed by atoms with Crippen molar-refractivity contribution < 1.29 is 53.8 Å². The van der Waals surface area contributed by atoms with E-state index in [1.165, 1.54) is 25.4 Å². The zero-order chi connectivity index (χ0) is 46.9. The minimum atomic E-state index is -1.75. The maximum Gasteiger partial charge on any atom is 0.350 e. The molecule has 0 aromatic carbocycles. The van der Waals surface area contributed by atoms with E-state index in [1.54, 1.807) is 71.9 Å². The zero-order valence-electron chi connectivity index (χ0n) is 39.7. The van der Waals surface area contributed by atoms with Crippen molar-refractivity contribution >= 4 is 29.1 Å². The Kier molecular flexibility index (Phi) is 19.5. The molecule has 0 saturated carbocycles. The number of rotatable bonds is 9. The minimum Gasteiger partial charge on any atom is -0.455 e. The van der Waals surface area contributed by atoms with E-state index in [9.17, 15) is 34.8 Å². The fourth-order valence-electron chi connectivity index (χ4n) is 8.05. The molecule has 1 aromatic rings. The number of allylic oxidation sites excluding steroid dienone is 5. The number of nitrogens with zero attached hydrogens (tertiary/aromatic N) is 1. The molecule has 12 nitrogen and oxygen atoms in total. The van der Waals surface area contributed by atoms with Crippen LogP contribution in [-0.2, 0) is 45.4 Å². The molecule has 4 N–H and O–H groups in total. The fraction of sp³-hybridized carbons (Fsp3) is 0.714. The van der Waals surface area contributed by atoms with Crippen LogP contribution >= 0.6 is 11.3 Å². The fourth-order valence-corrected chi connectivity index (χ4v) is 9.06. The number of esters is 2. The van der Waals surface area contributed by atoms with Gasteiger partial charge >= 0.3 is 11.9 Å². The molecule has 13 heteroatoms. The number of hydrogen-bond donors (Lipinski definition) is 4. The summed E-state index contributed by atoms with van der Waals surface area (Å²) in [7, 11) is 1.45. The maximum absolute atomic E-state index is 14.6. The van der Waals surface area contributed by atoms with Crippen molar-refractivity contribution in [3.05, 3.63) is 63.7 Å². The molecule has 15 unspecified atom stereocenters. The third kappa shape index (κ3) is 14.0. The third-order valence-electron chi connectivity index (χ3n) is 13.1. The van der Waals surface area contributed by atoms with Crippen LogP contribution in [0.2, 0.25) is 0 Å². The Morgan fingerprint density at radius 3 is 2.34 bits per heavy atom. The van der Waals surface area contributed by atoms with Gasteiger partial charge < -0.3 is 39.4 Å². The summed E-state index contributed by atoms with van der Waals surface area (Å²) in [4.78, 5) is 46.2. The summed E-state index contributed by atoms with van der Waals surface area (Å²) in [6.45, 7) is 23.4. The number of thiazole rings is 1. The summed E-state index contributed by atoms with van der Waals surface area (Å²) in [6, 6.07) is 0. The molecular formula is C49H77NO11S. The van der Waals surface area contributed by atoms with Gasteiger partial charge in [0.15, 0.2) is 0 Å². The highest BCUT2D eigenvalue weighted by Gasteiger charge is 2.53. The van der Waals surface area contributed by atoms with Gasteiger partial charge in [0.1, 0.15) is 40.3 Å². The van der Waals surface area contributed by atoms with Crippen LogP contribution in [0.25, 0.3) is 0 Å². The van der Waals surface area contributed by atoms with Crippen molar-refractivity contribution in [3.63, 3.8) is 0 Å². The summed E-state index contributed by atoms with van der Waals surface area (Å²) in [5.74, 6) is -4.37. The van der Waals surface area contributed by atoms with Gasteiger partial charge in [0, 0.05) is 36.7 Å². The minimum absolute atomic E-state index is 0.0669. The normalized spacial score (nSPS) is 38.6. The van der Waals surface area contributed by atoms with Crippen LogP contribution in [0.1, 0.15) is 133 Å². The summed E-state index contributed by atoms with van der Waals surface area (Å²) < 4.78 is 23.8. The van der Waals surface area contributed by atoms with Gasteiger partial charge in [-0.05, 0) is 91.1 Å². The average molecular weight is 888 g/mol. The summed E-state index contributed by atoms with van der Waals surface area (Å²) in [5.41, 5.74) is -1.66. The van der Waals surface area contributed by atoms with Crippen molar-refractivity contribution in [1.82, 2.24) is 4.98 Å². The molecule has 350 valence electrons. The molecule has 1 aromatic heterocycles. The summed E-state index contributed by atoms with van der Waals surface area (Å²) >= 11 is 1.53. The molecule has 0 aliphatic carbocycles. The highest BCUT2D eigenvalue weighted by molar-refractivity contribution is 7.09. The number of cyclic esters (lactones) is 1. The molecule has 15 atom stereocenters. The predicted octanol–water partition coefficient (Wildman–Crippen LogP) is 7.76. The molecule has 3 heterocycles. The van der Waals surface area contributed by atoms with Crippen molar-refractivity contribution in [2.24, 2.45) is 35.5 Å². The van der Waals surface area contributed by atoms with Gasteiger partial charge in [0.2, 0.25) is 5.60 Å². The molecule has 3 rings (SSSR count). The standard InChI is InChI=1S/C49H77NO11S/c1-15-30(4)44(55)61-48(12)23-22-28(2)25-38(51)35(9)39(52)31(5)18-16-19-32(6)40(53)41(54)42(58-14)33(7)20-17-21-34(8)43(59-46(48)56)47(11,57)26-29(3)24-37-27-62-45(50-37)49(13)36(10)60-49/h16-18,20-21,26-28,30-32,34-36,38,40-43,51,53-54,57H,15,19,22-25H2,1-14H3/b18-16-,21-17+,29-26-,33-20+. The quantitative estimate of drug-likeness (QED) is 0.108. The summed E-state index contributed by atoms with van der Waals surface area (Å²) in [5, 5.41) is 48.8. The van der Waals surface area contributed by atoms with Crippen molar-refractivity contribution in [3.8, 4) is 0 Å². The van der Waals surface area contributed by atoms with E-state index in [4.69, 9.17) is 23.9 Å². The van der Waals surface area contributed by atoms with Gasteiger partial charge in [0.05, 0.1) is 29.9 Å². The second kappa shape index (κ2) is 22.7. The number of carbonyl (C=O) groups is 3. The molecule has 2 aliphatic rings. The number of hydrogen-bond acceptors (Lipinski definition) is 13. The van der Waals surface area contributed by atoms with Crippen LogP contribution in [0.4, 0.5) is 0 Å². The number of methoxy groups -OCH3 is 1. The van der Waals surface area contributed by atoms with Crippen molar-refractivity contribution in [2.45, 2.75) is 182 Å². The van der Waals surface area contributed by atoms with E-state index in [-0.39, 0.29) is 36.6 Å². The van der Waals surface area contributed by atoms with Gasteiger partial charge in [-0.15, -0.1) is 11.3 Å². The van der Waals surface area contributed by atoms with Crippen LogP contribution in [0.3, 0.4) is 0 Å². The number of aliphatic hydroxyl groups is 4. The summed E-state index contributed by atoms with van der Waals surface area (Å²) in [6.07, 6.45) is 7.16. The van der Waals surface area contributed by atoms with Crippen molar-refractivity contribution in [2.75, 3.05) is 7.11 Å². The van der Waals surface area contributed by atoms with Crippen LogP contribution < -0.4 is 0 Å². The lowest BCUT2D eigenvalue weighted by molar-refractivity contribution is -0.195. The number of ketones is 1. The van der Waals surface area contributed by atoms with Gasteiger partial charge in [-0.25, -0.2) is 9.78 Å². The first-order chi connectivity index (χ1) is 28.8. The first-order valence-corrected chi connectivity index (χ1v) is 23.3. The largest absolute Gasteiger partial charge is 0.455 e. The molecule has 0 amide bonds. The van der Waals surface area contributed by atoms with E-state index < -0.39 is 82.9 Å². The molecule has 1 saturated heterocycles. The second-order valence-corrected chi connectivity index (χ2v) is 19.9.